The summed E-state index contributed by atoms with van der Waals surface area (Å²) in [5.74, 6) is 0. The van der Waals surface area contributed by atoms with E-state index in [1.165, 1.54) is 70.6 Å². The minimum atomic E-state index is 0.727. The van der Waals surface area contributed by atoms with Crippen molar-refractivity contribution >= 4 is 11.8 Å². The SMILES string of the molecule is CCCCCCCCCCCCC[CH]c1ccccc1N=C=O. The molecule has 1 aromatic carbocycles. The van der Waals surface area contributed by atoms with Gasteiger partial charge in [-0.3, -0.25) is 0 Å². The Labute approximate surface area is 142 Å². The number of rotatable bonds is 14. The number of benzene rings is 1. The van der Waals surface area contributed by atoms with Gasteiger partial charge in [-0.05, 0) is 24.5 Å². The third-order valence-electron chi connectivity index (χ3n) is 4.27. The second-order valence-corrected chi connectivity index (χ2v) is 6.29. The molecule has 0 N–H and O–H groups in total. The van der Waals surface area contributed by atoms with E-state index in [4.69, 9.17) is 0 Å². The number of aliphatic imine (C=N–C) groups is 1. The van der Waals surface area contributed by atoms with Gasteiger partial charge in [-0.15, -0.1) is 0 Å². The Hall–Kier alpha value is -1.40. The second kappa shape index (κ2) is 14.2. The summed E-state index contributed by atoms with van der Waals surface area (Å²) >= 11 is 0. The lowest BCUT2D eigenvalue weighted by molar-refractivity contribution is 0.549. The zero-order valence-electron chi connectivity index (χ0n) is 14.7. The van der Waals surface area contributed by atoms with Gasteiger partial charge in [0.1, 0.15) is 0 Å². The van der Waals surface area contributed by atoms with Crippen molar-refractivity contribution in [1.29, 1.82) is 0 Å². The molecule has 0 heterocycles. The van der Waals surface area contributed by atoms with Crippen molar-refractivity contribution in [3.63, 3.8) is 0 Å². The van der Waals surface area contributed by atoms with E-state index in [0.29, 0.717) is 0 Å². The van der Waals surface area contributed by atoms with Gasteiger partial charge in [0.05, 0.1) is 5.69 Å². The van der Waals surface area contributed by atoms with E-state index in [9.17, 15) is 4.79 Å². The Morgan fingerprint density at radius 3 is 2.04 bits per heavy atom. The molecule has 0 saturated carbocycles. The normalized spacial score (nSPS) is 10.5. The molecule has 2 nitrogen and oxygen atoms in total. The molecule has 0 spiro atoms. The molecule has 0 aromatic heterocycles. The number of unbranched alkanes of at least 4 members (excludes halogenated alkanes) is 11. The lowest BCUT2D eigenvalue weighted by Gasteiger charge is -2.04. The summed E-state index contributed by atoms with van der Waals surface area (Å²) in [6.07, 6.45) is 19.9. The molecule has 23 heavy (non-hydrogen) atoms. The van der Waals surface area contributed by atoms with Gasteiger partial charge in [0.15, 0.2) is 0 Å². The quantitative estimate of drug-likeness (QED) is 0.208. The van der Waals surface area contributed by atoms with E-state index >= 15 is 0 Å². The zero-order chi connectivity index (χ0) is 16.6. The van der Waals surface area contributed by atoms with Gasteiger partial charge in [-0.1, -0.05) is 95.8 Å². The number of nitrogens with zero attached hydrogens (tertiary/aromatic N) is 1. The fourth-order valence-corrected chi connectivity index (χ4v) is 2.88. The highest BCUT2D eigenvalue weighted by molar-refractivity contribution is 5.55. The van der Waals surface area contributed by atoms with E-state index in [1.807, 2.05) is 24.3 Å². The molecule has 0 atom stereocenters. The maximum absolute atomic E-state index is 10.4. The molecular weight excluding hydrogens is 282 g/mol. The van der Waals surface area contributed by atoms with Crippen LogP contribution in [0.4, 0.5) is 5.69 Å². The van der Waals surface area contributed by atoms with E-state index in [2.05, 4.69) is 18.3 Å². The van der Waals surface area contributed by atoms with Crippen molar-refractivity contribution in [2.75, 3.05) is 0 Å². The van der Waals surface area contributed by atoms with Gasteiger partial charge in [0.2, 0.25) is 6.08 Å². The van der Waals surface area contributed by atoms with Gasteiger partial charge in [-0.2, -0.15) is 4.99 Å². The fraction of sp³-hybridized carbons (Fsp3) is 0.619. The van der Waals surface area contributed by atoms with Crippen molar-refractivity contribution < 1.29 is 4.79 Å². The number of carbonyl (C=O) groups excluding carboxylic acids is 1. The first kappa shape index (κ1) is 19.6. The largest absolute Gasteiger partial charge is 0.240 e. The summed E-state index contributed by atoms with van der Waals surface area (Å²) in [7, 11) is 0. The van der Waals surface area contributed by atoms with Gasteiger partial charge in [0.25, 0.3) is 0 Å². The minimum Gasteiger partial charge on any atom is -0.211 e. The van der Waals surface area contributed by atoms with Gasteiger partial charge >= 0.3 is 0 Å². The lowest BCUT2D eigenvalue weighted by Crippen LogP contribution is -1.85. The molecule has 0 fully saturated rings. The lowest BCUT2D eigenvalue weighted by atomic mass is 10.0. The Balaban J connectivity index is 1.97. The monoisotopic (exact) mass is 314 g/mol. The first-order valence-corrected chi connectivity index (χ1v) is 9.38. The first-order valence-electron chi connectivity index (χ1n) is 9.38. The molecule has 0 aliphatic heterocycles. The van der Waals surface area contributed by atoms with Crippen molar-refractivity contribution in [2.24, 2.45) is 4.99 Å². The first-order chi connectivity index (χ1) is 11.4. The van der Waals surface area contributed by atoms with Crippen LogP contribution < -0.4 is 0 Å². The van der Waals surface area contributed by atoms with E-state index in [1.54, 1.807) is 6.08 Å². The highest BCUT2D eigenvalue weighted by Crippen LogP contribution is 2.22. The van der Waals surface area contributed by atoms with Crippen molar-refractivity contribution in [2.45, 2.75) is 84.0 Å². The molecular formula is C21H32NO. The molecule has 0 unspecified atom stereocenters. The average Bonchev–Trinajstić information content (AvgIpc) is 2.57. The molecule has 1 aromatic rings. The summed E-state index contributed by atoms with van der Waals surface area (Å²) in [5.41, 5.74) is 1.77. The maximum Gasteiger partial charge on any atom is 0.240 e. The molecule has 1 rings (SSSR count). The Kier molecular flexibility index (Phi) is 12.1. The van der Waals surface area contributed by atoms with Gasteiger partial charge in [-0.25, -0.2) is 4.79 Å². The predicted molar refractivity (Wildman–Crippen MR) is 98.7 cm³/mol. The summed E-state index contributed by atoms with van der Waals surface area (Å²) in [5, 5.41) is 0. The van der Waals surface area contributed by atoms with Crippen LogP contribution in [0.1, 0.15) is 89.5 Å². The molecule has 127 valence electrons. The molecule has 0 bridgehead atoms. The molecule has 0 saturated heterocycles. The number of hydrogen-bond acceptors (Lipinski definition) is 2. The molecule has 2 heteroatoms. The van der Waals surface area contributed by atoms with Crippen LogP contribution in [0, 0.1) is 6.42 Å². The van der Waals surface area contributed by atoms with Crippen molar-refractivity contribution in [3.8, 4) is 0 Å². The van der Waals surface area contributed by atoms with E-state index < -0.39 is 0 Å². The summed E-state index contributed by atoms with van der Waals surface area (Å²) in [6, 6.07) is 7.75. The smallest absolute Gasteiger partial charge is 0.211 e. The number of para-hydroxylation sites is 1. The zero-order valence-corrected chi connectivity index (χ0v) is 14.7. The number of isocyanates is 1. The van der Waals surface area contributed by atoms with Crippen LogP contribution in [0.15, 0.2) is 29.3 Å². The van der Waals surface area contributed by atoms with Crippen LogP contribution in [-0.2, 0) is 4.79 Å². The Morgan fingerprint density at radius 2 is 1.43 bits per heavy atom. The van der Waals surface area contributed by atoms with Crippen LogP contribution in [0.2, 0.25) is 0 Å². The fourth-order valence-electron chi connectivity index (χ4n) is 2.88. The highest BCUT2D eigenvalue weighted by atomic mass is 16.1. The minimum absolute atomic E-state index is 0.727. The second-order valence-electron chi connectivity index (χ2n) is 6.29. The van der Waals surface area contributed by atoms with Crippen LogP contribution in [0.25, 0.3) is 0 Å². The Morgan fingerprint density at radius 1 is 0.870 bits per heavy atom. The van der Waals surface area contributed by atoms with Crippen LogP contribution in [0.5, 0.6) is 0 Å². The topological polar surface area (TPSA) is 29.4 Å². The standard InChI is InChI=1S/C21H32NO/c1-2-3-4-5-6-7-8-9-10-11-12-13-16-20-17-14-15-18-21(20)22-19-23/h14-18H,2-13H2,1H3. The maximum atomic E-state index is 10.4. The van der Waals surface area contributed by atoms with E-state index in [-0.39, 0.29) is 0 Å². The van der Waals surface area contributed by atoms with E-state index in [0.717, 1.165) is 17.7 Å². The summed E-state index contributed by atoms with van der Waals surface area (Å²) < 4.78 is 0. The van der Waals surface area contributed by atoms with Crippen molar-refractivity contribution in [3.05, 3.63) is 36.2 Å². The Bertz CT molecular complexity index is 449. The molecule has 0 aliphatic carbocycles. The molecule has 0 aliphatic rings. The third kappa shape index (κ3) is 10.1. The van der Waals surface area contributed by atoms with Gasteiger partial charge < -0.3 is 0 Å². The third-order valence-corrected chi connectivity index (χ3v) is 4.27. The molecule has 0 amide bonds. The van der Waals surface area contributed by atoms with Crippen LogP contribution in [0.3, 0.4) is 0 Å². The van der Waals surface area contributed by atoms with Crippen LogP contribution in [-0.4, -0.2) is 6.08 Å². The summed E-state index contributed by atoms with van der Waals surface area (Å²) in [6.45, 7) is 2.27. The van der Waals surface area contributed by atoms with Crippen molar-refractivity contribution in [1.82, 2.24) is 0 Å². The molecule has 1 radical (unpaired) electrons. The highest BCUT2D eigenvalue weighted by Gasteiger charge is 2.00. The summed E-state index contributed by atoms with van der Waals surface area (Å²) in [4.78, 5) is 14.1. The average molecular weight is 314 g/mol. The van der Waals surface area contributed by atoms with Gasteiger partial charge in [0, 0.05) is 0 Å². The predicted octanol–water partition coefficient (Wildman–Crippen LogP) is 6.91. The van der Waals surface area contributed by atoms with Crippen LogP contribution >= 0.6 is 0 Å². The number of hydrogen-bond donors (Lipinski definition) is 0.